The number of H-pyrrole nitrogens is 1. The number of likely N-dealkylation sites (tertiary alicyclic amines) is 1. The van der Waals surface area contributed by atoms with Crippen LogP contribution in [0.4, 0.5) is 4.79 Å². The minimum Gasteiger partial charge on any atom is -0.439 e. The van der Waals surface area contributed by atoms with Gasteiger partial charge in [-0.3, -0.25) is 9.89 Å². The molecule has 2 amide bonds. The number of benzene rings is 1. The molecule has 1 N–H and O–H groups in total. The summed E-state index contributed by atoms with van der Waals surface area (Å²) in [5.74, 6) is -0.118. The number of nitrogens with zero attached hydrogens (tertiary/aromatic N) is 3. The van der Waals surface area contributed by atoms with Crippen molar-refractivity contribution in [3.63, 3.8) is 0 Å². The second-order valence-corrected chi connectivity index (χ2v) is 6.36. The molecule has 1 atom stereocenters. The molecule has 2 aromatic rings. The van der Waals surface area contributed by atoms with Crippen molar-refractivity contribution in [3.8, 4) is 0 Å². The van der Waals surface area contributed by atoms with Gasteiger partial charge in [0.15, 0.2) is 5.69 Å². The first kappa shape index (κ1) is 14.0. The second-order valence-electron chi connectivity index (χ2n) is 6.36. The topological polar surface area (TPSA) is 78.5 Å². The first-order valence-electron chi connectivity index (χ1n) is 7.74. The summed E-state index contributed by atoms with van der Waals surface area (Å²) in [5.41, 5.74) is 0.691. The third kappa shape index (κ3) is 2.23. The van der Waals surface area contributed by atoms with Gasteiger partial charge in [0.1, 0.15) is 5.60 Å². The predicted molar refractivity (Wildman–Crippen MR) is 83.1 cm³/mol. The van der Waals surface area contributed by atoms with Gasteiger partial charge in [-0.05, 0) is 18.9 Å². The molecule has 2 aliphatic rings. The Kier molecular flexibility index (Phi) is 3.04. The van der Waals surface area contributed by atoms with E-state index in [2.05, 4.69) is 10.2 Å². The second kappa shape index (κ2) is 4.97. The highest BCUT2D eigenvalue weighted by Crippen LogP contribution is 2.32. The number of amides is 2. The van der Waals surface area contributed by atoms with Crippen LogP contribution >= 0.6 is 0 Å². The predicted octanol–water partition coefficient (Wildman–Crippen LogP) is 1.62. The van der Waals surface area contributed by atoms with E-state index in [1.54, 1.807) is 16.8 Å². The number of fused-ring (bicyclic) bond motifs is 1. The standard InChI is InChI=1S/C16H18N4O3/c1-19-9-16(23-15(19)22)7-4-8-20(10-16)14(21)13-11-5-2-3-6-12(11)17-18-13/h2-3,5-6H,4,7-10H2,1H3,(H,17,18)/t16-/m1/s1. The summed E-state index contributed by atoms with van der Waals surface area (Å²) in [6.07, 6.45) is 1.29. The molecule has 2 fully saturated rings. The number of hydrogen-bond acceptors (Lipinski definition) is 4. The number of carbonyl (C=O) groups is 2. The van der Waals surface area contributed by atoms with Crippen LogP contribution in [0.2, 0.25) is 0 Å². The highest BCUT2D eigenvalue weighted by atomic mass is 16.6. The lowest BCUT2D eigenvalue weighted by molar-refractivity contribution is -0.00534. The fourth-order valence-corrected chi connectivity index (χ4v) is 3.55. The maximum Gasteiger partial charge on any atom is 0.410 e. The number of nitrogens with one attached hydrogen (secondary N) is 1. The zero-order valence-electron chi connectivity index (χ0n) is 12.9. The van der Waals surface area contributed by atoms with Crippen LogP contribution < -0.4 is 0 Å². The number of carbonyl (C=O) groups excluding carboxylic acids is 2. The Bertz CT molecular complexity index is 786. The zero-order valence-corrected chi connectivity index (χ0v) is 12.9. The highest BCUT2D eigenvalue weighted by Gasteiger charge is 2.47. The van der Waals surface area contributed by atoms with Gasteiger partial charge in [-0.15, -0.1) is 0 Å². The van der Waals surface area contributed by atoms with Gasteiger partial charge in [0, 0.05) is 19.0 Å². The molecule has 4 rings (SSSR count). The Morgan fingerprint density at radius 1 is 1.35 bits per heavy atom. The van der Waals surface area contributed by atoms with Crippen LogP contribution in [0.5, 0.6) is 0 Å². The fourth-order valence-electron chi connectivity index (χ4n) is 3.55. The summed E-state index contributed by atoms with van der Waals surface area (Å²) >= 11 is 0. The first-order chi connectivity index (χ1) is 11.1. The van der Waals surface area contributed by atoms with Crippen molar-refractivity contribution in [1.29, 1.82) is 0 Å². The lowest BCUT2D eigenvalue weighted by Crippen LogP contribution is -2.52. The number of rotatable bonds is 1. The van der Waals surface area contributed by atoms with Crippen LogP contribution in [0.25, 0.3) is 10.9 Å². The number of para-hydroxylation sites is 1. The van der Waals surface area contributed by atoms with Gasteiger partial charge in [0.05, 0.1) is 18.6 Å². The number of aromatic amines is 1. The van der Waals surface area contributed by atoms with E-state index in [0.717, 1.165) is 23.7 Å². The van der Waals surface area contributed by atoms with Crippen LogP contribution in [-0.2, 0) is 4.74 Å². The van der Waals surface area contributed by atoms with Gasteiger partial charge in [0.2, 0.25) is 0 Å². The molecule has 0 radical (unpaired) electrons. The molecule has 0 saturated carbocycles. The Morgan fingerprint density at radius 2 is 2.17 bits per heavy atom. The van der Waals surface area contributed by atoms with E-state index in [4.69, 9.17) is 4.74 Å². The van der Waals surface area contributed by atoms with E-state index >= 15 is 0 Å². The summed E-state index contributed by atoms with van der Waals surface area (Å²) in [7, 11) is 1.72. The third-order valence-corrected chi connectivity index (χ3v) is 4.64. The molecule has 1 aromatic heterocycles. The Labute approximate surface area is 133 Å². The minimum absolute atomic E-state index is 0.118. The van der Waals surface area contributed by atoms with E-state index in [1.807, 2.05) is 24.3 Å². The molecular formula is C16H18N4O3. The molecule has 2 aliphatic heterocycles. The largest absolute Gasteiger partial charge is 0.439 e. The number of ether oxygens (including phenoxy) is 1. The molecule has 0 aliphatic carbocycles. The Hall–Kier alpha value is -2.57. The van der Waals surface area contributed by atoms with Crippen LogP contribution in [0.3, 0.4) is 0 Å². The average molecular weight is 314 g/mol. The van der Waals surface area contributed by atoms with E-state index in [-0.39, 0.29) is 12.0 Å². The molecule has 23 heavy (non-hydrogen) atoms. The lowest BCUT2D eigenvalue weighted by Gasteiger charge is -2.38. The average Bonchev–Trinajstić information content (AvgIpc) is 3.08. The van der Waals surface area contributed by atoms with Gasteiger partial charge < -0.3 is 14.5 Å². The van der Waals surface area contributed by atoms with Gasteiger partial charge in [-0.25, -0.2) is 4.79 Å². The molecule has 120 valence electrons. The highest BCUT2D eigenvalue weighted by molar-refractivity contribution is 6.04. The van der Waals surface area contributed by atoms with Crippen molar-refractivity contribution in [2.24, 2.45) is 0 Å². The van der Waals surface area contributed by atoms with E-state index in [9.17, 15) is 9.59 Å². The van der Waals surface area contributed by atoms with Gasteiger partial charge >= 0.3 is 6.09 Å². The SMILES string of the molecule is CN1C[C@@]2(CCCN(C(=O)c3n[nH]c4ccccc34)C2)OC1=O. The van der Waals surface area contributed by atoms with Crippen molar-refractivity contribution in [1.82, 2.24) is 20.0 Å². The van der Waals surface area contributed by atoms with Gasteiger partial charge in [-0.1, -0.05) is 18.2 Å². The summed E-state index contributed by atoms with van der Waals surface area (Å²) < 4.78 is 5.55. The molecule has 1 aromatic carbocycles. The summed E-state index contributed by atoms with van der Waals surface area (Å²) in [6, 6.07) is 7.57. The van der Waals surface area contributed by atoms with Crippen molar-refractivity contribution in [3.05, 3.63) is 30.0 Å². The number of piperidine rings is 1. The van der Waals surface area contributed by atoms with Crippen molar-refractivity contribution < 1.29 is 14.3 Å². The van der Waals surface area contributed by atoms with Crippen molar-refractivity contribution >= 4 is 22.9 Å². The molecule has 2 saturated heterocycles. The molecule has 3 heterocycles. The number of aromatic nitrogens is 2. The summed E-state index contributed by atoms with van der Waals surface area (Å²) in [4.78, 5) is 27.9. The number of likely N-dealkylation sites (N-methyl/N-ethyl adjacent to an activating group) is 1. The molecule has 0 bridgehead atoms. The van der Waals surface area contributed by atoms with Crippen LogP contribution in [0.1, 0.15) is 23.3 Å². The monoisotopic (exact) mass is 314 g/mol. The summed E-state index contributed by atoms with van der Waals surface area (Å²) in [5, 5.41) is 7.89. The van der Waals surface area contributed by atoms with Crippen LogP contribution in [0.15, 0.2) is 24.3 Å². The van der Waals surface area contributed by atoms with Crippen LogP contribution in [-0.4, -0.2) is 64.3 Å². The lowest BCUT2D eigenvalue weighted by atomic mass is 9.92. The Balaban J connectivity index is 1.60. The zero-order chi connectivity index (χ0) is 16.0. The molecule has 0 unspecified atom stereocenters. The minimum atomic E-state index is -0.578. The fraction of sp³-hybridized carbons (Fsp3) is 0.438. The molecule has 7 nitrogen and oxygen atoms in total. The maximum atomic E-state index is 12.9. The van der Waals surface area contributed by atoms with E-state index < -0.39 is 5.60 Å². The van der Waals surface area contributed by atoms with Crippen molar-refractivity contribution in [2.45, 2.75) is 18.4 Å². The van der Waals surface area contributed by atoms with Crippen LogP contribution in [0, 0.1) is 0 Å². The van der Waals surface area contributed by atoms with Crippen molar-refractivity contribution in [2.75, 3.05) is 26.7 Å². The number of hydrogen-bond donors (Lipinski definition) is 1. The molecular weight excluding hydrogens is 296 g/mol. The summed E-state index contributed by atoms with van der Waals surface area (Å²) in [6.45, 7) is 1.60. The van der Waals surface area contributed by atoms with E-state index in [1.165, 1.54) is 0 Å². The van der Waals surface area contributed by atoms with Gasteiger partial charge in [-0.2, -0.15) is 5.10 Å². The first-order valence-corrected chi connectivity index (χ1v) is 7.74. The smallest absolute Gasteiger partial charge is 0.410 e. The third-order valence-electron chi connectivity index (χ3n) is 4.64. The Morgan fingerprint density at radius 3 is 2.96 bits per heavy atom. The normalized spacial score (nSPS) is 24.5. The molecule has 7 heteroatoms. The quantitative estimate of drug-likeness (QED) is 0.867. The maximum absolute atomic E-state index is 12.9. The van der Waals surface area contributed by atoms with Gasteiger partial charge in [0.25, 0.3) is 5.91 Å². The van der Waals surface area contributed by atoms with E-state index in [0.29, 0.717) is 25.3 Å². The molecule has 1 spiro atoms.